The smallest absolute Gasteiger partial charge is 0.0124 e. The molecule has 1 heterocycles. The Hall–Kier alpha value is -0.0400. The first-order chi connectivity index (χ1) is 7.60. The van der Waals surface area contributed by atoms with E-state index < -0.39 is 0 Å². The Morgan fingerprint density at radius 2 is 1.56 bits per heavy atom. The first kappa shape index (κ1) is 11.1. The van der Waals surface area contributed by atoms with Crippen LogP contribution in [0.4, 0.5) is 0 Å². The summed E-state index contributed by atoms with van der Waals surface area (Å²) in [6.07, 6.45) is 7.36. The topological polar surface area (TPSA) is 3.24 Å². The molecule has 4 atom stereocenters. The van der Waals surface area contributed by atoms with Crippen molar-refractivity contribution >= 4 is 0 Å². The molecule has 3 rings (SSSR count). The molecule has 2 saturated carbocycles. The van der Waals surface area contributed by atoms with Gasteiger partial charge in [-0.1, -0.05) is 27.2 Å². The zero-order valence-corrected chi connectivity index (χ0v) is 11.2. The highest BCUT2D eigenvalue weighted by Gasteiger charge is 2.61. The van der Waals surface area contributed by atoms with E-state index >= 15 is 0 Å². The Labute approximate surface area is 101 Å². The first-order valence-corrected chi connectivity index (χ1v) is 7.35. The third kappa shape index (κ3) is 1.63. The molecule has 0 amide bonds. The summed E-state index contributed by atoms with van der Waals surface area (Å²) in [5, 5.41) is 0. The molecule has 1 saturated heterocycles. The van der Waals surface area contributed by atoms with Gasteiger partial charge in [-0.05, 0) is 61.9 Å². The van der Waals surface area contributed by atoms with Crippen molar-refractivity contribution in [2.24, 2.45) is 23.2 Å². The summed E-state index contributed by atoms with van der Waals surface area (Å²) < 4.78 is 0. The minimum Gasteiger partial charge on any atom is -0.300 e. The molecular formula is C15H27N. The van der Waals surface area contributed by atoms with E-state index in [4.69, 9.17) is 0 Å². The molecule has 2 aliphatic carbocycles. The molecule has 16 heavy (non-hydrogen) atoms. The zero-order chi connectivity index (χ0) is 11.3. The molecule has 0 N–H and O–H groups in total. The molecule has 0 aromatic rings. The second-order valence-corrected chi connectivity index (χ2v) is 7.15. The number of fused-ring (bicyclic) bond motifs is 1. The zero-order valence-electron chi connectivity index (χ0n) is 11.2. The lowest BCUT2D eigenvalue weighted by molar-refractivity contribution is 0.0883. The van der Waals surface area contributed by atoms with Crippen LogP contribution in [0.2, 0.25) is 0 Å². The van der Waals surface area contributed by atoms with E-state index in [9.17, 15) is 0 Å². The Bertz CT molecular complexity index is 265. The third-order valence-corrected chi connectivity index (χ3v) is 5.93. The number of hydrogen-bond donors (Lipinski definition) is 0. The summed E-state index contributed by atoms with van der Waals surface area (Å²) in [6, 6.07) is 0.920. The predicted molar refractivity (Wildman–Crippen MR) is 68.4 cm³/mol. The summed E-state index contributed by atoms with van der Waals surface area (Å²) >= 11 is 0. The van der Waals surface area contributed by atoms with Crippen LogP contribution in [0.5, 0.6) is 0 Å². The number of nitrogens with zero attached hydrogens (tertiary/aromatic N) is 1. The molecule has 0 aromatic heterocycles. The largest absolute Gasteiger partial charge is 0.300 e. The monoisotopic (exact) mass is 221 g/mol. The lowest BCUT2D eigenvalue weighted by atomic mass is 9.84. The molecule has 0 bridgehead atoms. The van der Waals surface area contributed by atoms with Crippen LogP contribution < -0.4 is 0 Å². The summed E-state index contributed by atoms with van der Waals surface area (Å²) in [6.45, 7) is 10.3. The van der Waals surface area contributed by atoms with Gasteiger partial charge in [0.2, 0.25) is 0 Å². The molecule has 0 spiro atoms. The van der Waals surface area contributed by atoms with Gasteiger partial charge in [0.25, 0.3) is 0 Å². The normalized spacial score (nSPS) is 47.4. The van der Waals surface area contributed by atoms with Crippen LogP contribution in [-0.4, -0.2) is 24.0 Å². The van der Waals surface area contributed by atoms with E-state index in [0.29, 0.717) is 5.41 Å². The number of piperidine rings is 1. The Morgan fingerprint density at radius 3 is 2.25 bits per heavy atom. The molecule has 3 aliphatic rings. The van der Waals surface area contributed by atoms with Crippen molar-refractivity contribution in [3.05, 3.63) is 0 Å². The van der Waals surface area contributed by atoms with Crippen LogP contribution in [0.1, 0.15) is 52.9 Å². The highest BCUT2D eigenvalue weighted by atomic mass is 15.2. The van der Waals surface area contributed by atoms with Crippen LogP contribution in [0, 0.1) is 23.2 Å². The van der Waals surface area contributed by atoms with Gasteiger partial charge in [0.15, 0.2) is 0 Å². The Morgan fingerprint density at radius 1 is 0.938 bits per heavy atom. The minimum absolute atomic E-state index is 0.679. The summed E-state index contributed by atoms with van der Waals surface area (Å²) in [4.78, 5) is 2.82. The van der Waals surface area contributed by atoms with Crippen molar-refractivity contribution in [3.63, 3.8) is 0 Å². The van der Waals surface area contributed by atoms with Gasteiger partial charge in [-0.25, -0.2) is 0 Å². The van der Waals surface area contributed by atoms with Gasteiger partial charge < -0.3 is 4.90 Å². The summed E-state index contributed by atoms with van der Waals surface area (Å²) in [7, 11) is 0. The second kappa shape index (κ2) is 3.73. The van der Waals surface area contributed by atoms with Gasteiger partial charge in [0.05, 0.1) is 0 Å². The fraction of sp³-hybridized carbons (Fsp3) is 1.00. The molecule has 1 heteroatoms. The van der Waals surface area contributed by atoms with Crippen molar-refractivity contribution < 1.29 is 0 Å². The lowest BCUT2D eigenvalue weighted by Gasteiger charge is -2.40. The van der Waals surface area contributed by atoms with Crippen LogP contribution in [0.15, 0.2) is 0 Å². The van der Waals surface area contributed by atoms with E-state index in [1.54, 1.807) is 0 Å². The average molecular weight is 221 g/mol. The van der Waals surface area contributed by atoms with Gasteiger partial charge in [-0.15, -0.1) is 0 Å². The van der Waals surface area contributed by atoms with Crippen LogP contribution in [-0.2, 0) is 0 Å². The molecule has 0 aromatic carbocycles. The lowest BCUT2D eigenvalue weighted by Crippen LogP contribution is -2.44. The SMILES string of the molecule is CC1CC2C(CC1N1CCCCC1)C2(C)C. The Balaban J connectivity index is 1.67. The van der Waals surface area contributed by atoms with E-state index in [-0.39, 0.29) is 0 Å². The maximum atomic E-state index is 2.82. The maximum absolute atomic E-state index is 2.82. The van der Waals surface area contributed by atoms with E-state index in [2.05, 4.69) is 25.7 Å². The van der Waals surface area contributed by atoms with Crippen molar-refractivity contribution in [1.29, 1.82) is 0 Å². The molecule has 0 radical (unpaired) electrons. The highest BCUT2D eigenvalue weighted by molar-refractivity contribution is 5.10. The molecular weight excluding hydrogens is 194 g/mol. The third-order valence-electron chi connectivity index (χ3n) is 5.93. The molecule has 4 unspecified atom stereocenters. The van der Waals surface area contributed by atoms with Crippen molar-refractivity contribution in [2.45, 2.75) is 58.9 Å². The average Bonchev–Trinajstić information content (AvgIpc) is 2.80. The summed E-state index contributed by atoms with van der Waals surface area (Å²) in [5.41, 5.74) is 0.679. The number of hydrogen-bond acceptors (Lipinski definition) is 1. The van der Waals surface area contributed by atoms with Gasteiger partial charge in [-0.2, -0.15) is 0 Å². The molecule has 92 valence electrons. The molecule has 1 aliphatic heterocycles. The molecule has 1 nitrogen and oxygen atoms in total. The van der Waals surface area contributed by atoms with Crippen molar-refractivity contribution in [1.82, 2.24) is 4.90 Å². The fourth-order valence-corrected chi connectivity index (χ4v) is 4.60. The first-order valence-electron chi connectivity index (χ1n) is 7.35. The van der Waals surface area contributed by atoms with Crippen LogP contribution >= 0.6 is 0 Å². The van der Waals surface area contributed by atoms with E-state index in [1.165, 1.54) is 45.2 Å². The highest BCUT2D eigenvalue weighted by Crippen LogP contribution is 2.66. The van der Waals surface area contributed by atoms with Crippen molar-refractivity contribution in [3.8, 4) is 0 Å². The van der Waals surface area contributed by atoms with E-state index in [1.807, 2.05) is 0 Å². The van der Waals surface area contributed by atoms with Crippen LogP contribution in [0.3, 0.4) is 0 Å². The maximum Gasteiger partial charge on any atom is 0.0124 e. The van der Waals surface area contributed by atoms with Crippen molar-refractivity contribution in [2.75, 3.05) is 13.1 Å². The summed E-state index contributed by atoms with van der Waals surface area (Å²) in [5.74, 6) is 3.06. The second-order valence-electron chi connectivity index (χ2n) is 7.15. The quantitative estimate of drug-likeness (QED) is 0.654. The van der Waals surface area contributed by atoms with Gasteiger partial charge >= 0.3 is 0 Å². The number of rotatable bonds is 1. The van der Waals surface area contributed by atoms with Gasteiger partial charge in [0.1, 0.15) is 0 Å². The van der Waals surface area contributed by atoms with Crippen LogP contribution in [0.25, 0.3) is 0 Å². The standard InChI is InChI=1S/C15H27N/c1-11-9-12-13(15(12,2)3)10-14(11)16-7-5-4-6-8-16/h11-14H,4-10H2,1-3H3. The fourth-order valence-electron chi connectivity index (χ4n) is 4.60. The minimum atomic E-state index is 0.679. The number of likely N-dealkylation sites (tertiary alicyclic amines) is 1. The molecule has 3 fully saturated rings. The van der Waals surface area contributed by atoms with Gasteiger partial charge in [0, 0.05) is 6.04 Å². The Kier molecular flexibility index (Phi) is 2.58. The predicted octanol–water partition coefficient (Wildman–Crippen LogP) is 3.54. The van der Waals surface area contributed by atoms with Gasteiger partial charge in [-0.3, -0.25) is 0 Å². The van der Waals surface area contributed by atoms with E-state index in [0.717, 1.165) is 23.8 Å².